The van der Waals surface area contributed by atoms with Crippen molar-refractivity contribution in [1.29, 1.82) is 5.26 Å². The van der Waals surface area contributed by atoms with Crippen LogP contribution in [0.15, 0.2) is 18.2 Å². The molecule has 0 aromatic heterocycles. The first-order valence-electron chi connectivity index (χ1n) is 5.77. The summed E-state index contributed by atoms with van der Waals surface area (Å²) >= 11 is 0. The van der Waals surface area contributed by atoms with Gasteiger partial charge in [0, 0.05) is 0 Å². The van der Waals surface area contributed by atoms with E-state index in [0.29, 0.717) is 13.0 Å². The normalized spacial score (nSPS) is 12.2. The van der Waals surface area contributed by atoms with Gasteiger partial charge in [-0.15, -0.1) is 0 Å². The maximum Gasteiger partial charge on any atom is 0.119 e. The van der Waals surface area contributed by atoms with E-state index >= 15 is 0 Å². The molecule has 3 nitrogen and oxygen atoms in total. The summed E-state index contributed by atoms with van der Waals surface area (Å²) in [4.78, 5) is 2.02. The van der Waals surface area contributed by atoms with E-state index in [-0.39, 0.29) is 6.04 Å². The molecule has 0 N–H and O–H groups in total. The minimum absolute atomic E-state index is 0.140. The first-order chi connectivity index (χ1) is 8.02. The molecular weight excluding hydrogens is 212 g/mol. The summed E-state index contributed by atoms with van der Waals surface area (Å²) in [5.41, 5.74) is 2.39. The Morgan fingerprint density at radius 3 is 2.29 bits per heavy atom. The molecule has 1 aromatic carbocycles. The van der Waals surface area contributed by atoms with Crippen molar-refractivity contribution in [2.45, 2.75) is 26.3 Å². The number of nitriles is 1. The zero-order chi connectivity index (χ0) is 12.8. The summed E-state index contributed by atoms with van der Waals surface area (Å²) in [5, 5.41) is 8.74. The number of aryl methyl sites for hydroxylation is 2. The standard InChI is InChI=1S/C14H20N2O/c1-11-7-12(2)9-14(8-11)17-10-13(5-6-15)16(3)4/h7-9,13H,5,10H2,1-4H3. The molecular formula is C14H20N2O. The highest BCUT2D eigenvalue weighted by molar-refractivity contribution is 5.33. The number of likely N-dealkylation sites (N-methyl/N-ethyl adjacent to an activating group) is 1. The maximum atomic E-state index is 8.74. The number of hydrogen-bond acceptors (Lipinski definition) is 3. The Bertz CT molecular complexity index is 387. The average Bonchev–Trinajstić information content (AvgIpc) is 2.22. The smallest absolute Gasteiger partial charge is 0.119 e. The lowest BCUT2D eigenvalue weighted by Gasteiger charge is -2.22. The molecule has 3 heteroatoms. The lowest BCUT2D eigenvalue weighted by Crippen LogP contribution is -2.33. The van der Waals surface area contributed by atoms with Gasteiger partial charge in [0.25, 0.3) is 0 Å². The van der Waals surface area contributed by atoms with Gasteiger partial charge in [-0.1, -0.05) is 6.07 Å². The van der Waals surface area contributed by atoms with Crippen molar-refractivity contribution in [3.8, 4) is 11.8 Å². The van der Waals surface area contributed by atoms with Gasteiger partial charge in [0.15, 0.2) is 0 Å². The molecule has 1 unspecified atom stereocenters. The fourth-order valence-electron chi connectivity index (χ4n) is 1.70. The van der Waals surface area contributed by atoms with E-state index in [0.717, 1.165) is 5.75 Å². The van der Waals surface area contributed by atoms with E-state index in [1.807, 2.05) is 31.1 Å². The third kappa shape index (κ3) is 4.46. The molecule has 1 aromatic rings. The van der Waals surface area contributed by atoms with Gasteiger partial charge in [0.1, 0.15) is 12.4 Å². The van der Waals surface area contributed by atoms with E-state index in [1.54, 1.807) is 0 Å². The lowest BCUT2D eigenvalue weighted by molar-refractivity contribution is 0.188. The number of hydrogen-bond donors (Lipinski definition) is 0. The van der Waals surface area contributed by atoms with Gasteiger partial charge in [-0.05, 0) is 51.2 Å². The molecule has 92 valence electrons. The van der Waals surface area contributed by atoms with Crippen LogP contribution in [0.5, 0.6) is 5.75 Å². The highest BCUT2D eigenvalue weighted by atomic mass is 16.5. The molecule has 17 heavy (non-hydrogen) atoms. The fourth-order valence-corrected chi connectivity index (χ4v) is 1.70. The van der Waals surface area contributed by atoms with Gasteiger partial charge in [-0.2, -0.15) is 5.26 Å². The van der Waals surface area contributed by atoms with Gasteiger partial charge in [-0.3, -0.25) is 0 Å². The number of benzene rings is 1. The molecule has 0 saturated heterocycles. The van der Waals surface area contributed by atoms with Crippen LogP contribution in [-0.2, 0) is 0 Å². The average molecular weight is 232 g/mol. The first kappa shape index (κ1) is 13.5. The SMILES string of the molecule is Cc1cc(C)cc(OCC(CC#N)N(C)C)c1. The molecule has 0 aliphatic carbocycles. The number of rotatable bonds is 5. The third-order valence-corrected chi connectivity index (χ3v) is 2.69. The molecule has 0 spiro atoms. The van der Waals surface area contributed by atoms with Crippen LogP contribution in [0.2, 0.25) is 0 Å². The van der Waals surface area contributed by atoms with Gasteiger partial charge in [0.2, 0.25) is 0 Å². The Morgan fingerprint density at radius 1 is 1.24 bits per heavy atom. The molecule has 0 bridgehead atoms. The lowest BCUT2D eigenvalue weighted by atomic mass is 10.1. The topological polar surface area (TPSA) is 36.3 Å². The second-order valence-corrected chi connectivity index (χ2v) is 4.61. The minimum atomic E-state index is 0.140. The quantitative estimate of drug-likeness (QED) is 0.782. The maximum absolute atomic E-state index is 8.74. The predicted octanol–water partition coefficient (Wildman–Crippen LogP) is 2.53. The van der Waals surface area contributed by atoms with Crippen LogP contribution in [0.25, 0.3) is 0 Å². The minimum Gasteiger partial charge on any atom is -0.492 e. The Kier molecular flexibility index (Phi) is 4.99. The summed E-state index contributed by atoms with van der Waals surface area (Å²) in [6.45, 7) is 4.65. The largest absolute Gasteiger partial charge is 0.492 e. The van der Waals surface area contributed by atoms with E-state index < -0.39 is 0 Å². The van der Waals surface area contributed by atoms with E-state index in [9.17, 15) is 0 Å². The second kappa shape index (κ2) is 6.27. The summed E-state index contributed by atoms with van der Waals surface area (Å²) < 4.78 is 5.75. The molecule has 1 atom stereocenters. The van der Waals surface area contributed by atoms with Crippen LogP contribution in [0.1, 0.15) is 17.5 Å². The molecule has 0 heterocycles. The van der Waals surface area contributed by atoms with E-state index in [1.165, 1.54) is 11.1 Å². The van der Waals surface area contributed by atoms with Gasteiger partial charge in [-0.25, -0.2) is 0 Å². The summed E-state index contributed by atoms with van der Waals surface area (Å²) in [6, 6.07) is 8.48. The van der Waals surface area contributed by atoms with Crippen LogP contribution in [0.4, 0.5) is 0 Å². The van der Waals surface area contributed by atoms with Crippen molar-refractivity contribution >= 4 is 0 Å². The zero-order valence-electron chi connectivity index (χ0n) is 11.0. The van der Waals surface area contributed by atoms with Crippen LogP contribution in [0, 0.1) is 25.2 Å². The van der Waals surface area contributed by atoms with Crippen molar-refractivity contribution in [2.24, 2.45) is 0 Å². The van der Waals surface area contributed by atoms with Gasteiger partial charge >= 0.3 is 0 Å². The van der Waals surface area contributed by atoms with Crippen LogP contribution >= 0.6 is 0 Å². The van der Waals surface area contributed by atoms with Crippen molar-refractivity contribution < 1.29 is 4.74 Å². The molecule has 1 rings (SSSR count). The molecule has 0 aliphatic heterocycles. The second-order valence-electron chi connectivity index (χ2n) is 4.61. The van der Waals surface area contributed by atoms with Crippen LogP contribution in [0.3, 0.4) is 0 Å². The Morgan fingerprint density at radius 2 is 1.82 bits per heavy atom. The van der Waals surface area contributed by atoms with Crippen molar-refractivity contribution in [1.82, 2.24) is 4.90 Å². The Labute approximate surface area is 104 Å². The number of nitrogens with zero attached hydrogens (tertiary/aromatic N) is 2. The molecule has 0 fully saturated rings. The summed E-state index contributed by atoms with van der Waals surface area (Å²) in [7, 11) is 3.93. The summed E-state index contributed by atoms with van der Waals surface area (Å²) in [6.07, 6.45) is 0.484. The molecule has 0 amide bonds. The Hall–Kier alpha value is -1.53. The monoisotopic (exact) mass is 232 g/mol. The number of ether oxygens (including phenoxy) is 1. The van der Waals surface area contributed by atoms with Crippen molar-refractivity contribution in [3.63, 3.8) is 0 Å². The first-order valence-corrected chi connectivity index (χ1v) is 5.77. The molecule has 0 aliphatic rings. The molecule has 0 saturated carbocycles. The van der Waals surface area contributed by atoms with Crippen LogP contribution in [-0.4, -0.2) is 31.6 Å². The Balaban J connectivity index is 2.62. The highest BCUT2D eigenvalue weighted by Crippen LogP contribution is 2.17. The predicted molar refractivity (Wildman–Crippen MR) is 69.1 cm³/mol. The zero-order valence-corrected chi connectivity index (χ0v) is 11.0. The molecule has 0 radical (unpaired) electrons. The van der Waals surface area contributed by atoms with Gasteiger partial charge in [0.05, 0.1) is 18.5 Å². The summed E-state index contributed by atoms with van der Waals surface area (Å²) in [5.74, 6) is 0.882. The van der Waals surface area contributed by atoms with E-state index in [2.05, 4.69) is 26.0 Å². The third-order valence-electron chi connectivity index (χ3n) is 2.69. The van der Waals surface area contributed by atoms with Crippen molar-refractivity contribution in [2.75, 3.05) is 20.7 Å². The fraction of sp³-hybridized carbons (Fsp3) is 0.500. The van der Waals surface area contributed by atoms with Gasteiger partial charge < -0.3 is 9.64 Å². The highest BCUT2D eigenvalue weighted by Gasteiger charge is 2.11. The van der Waals surface area contributed by atoms with E-state index in [4.69, 9.17) is 10.00 Å². The van der Waals surface area contributed by atoms with Crippen molar-refractivity contribution in [3.05, 3.63) is 29.3 Å². The van der Waals surface area contributed by atoms with Crippen LogP contribution < -0.4 is 4.74 Å².